The van der Waals surface area contributed by atoms with Gasteiger partial charge in [0.15, 0.2) is 11.5 Å². The number of carbonyl (C=O) groups is 3. The Balaban J connectivity index is 1.91. The first-order chi connectivity index (χ1) is 14.8. The lowest BCUT2D eigenvalue weighted by Gasteiger charge is -2.07. The van der Waals surface area contributed by atoms with Gasteiger partial charge in [0, 0.05) is 19.6 Å². The molecule has 0 saturated carbocycles. The average molecular weight is 446 g/mol. The summed E-state index contributed by atoms with van der Waals surface area (Å²) in [5.41, 5.74) is 1.93. The number of methoxy groups -OCH3 is 1. The van der Waals surface area contributed by atoms with Crippen LogP contribution in [0.15, 0.2) is 22.6 Å². The molecule has 3 aromatic rings. The van der Waals surface area contributed by atoms with Crippen molar-refractivity contribution in [1.29, 1.82) is 0 Å². The van der Waals surface area contributed by atoms with Crippen LogP contribution in [0.4, 0.5) is 5.00 Å². The molecule has 2 heterocycles. The third-order valence-corrected chi connectivity index (χ3v) is 5.50. The summed E-state index contributed by atoms with van der Waals surface area (Å²) in [6.07, 6.45) is 0. The zero-order valence-corrected chi connectivity index (χ0v) is 18.4. The standard InChI is InChI=1S/C21H22N2O7S/c1-5-28-20(25)16-11(2)17(21(26)29-9-8-27-4)31-19(16)23-18(24)13-6-7-15-14(10-13)22-12(3)30-15/h6-7,10H,5,8-9H2,1-4H3,(H,23,24). The minimum Gasteiger partial charge on any atom is -0.462 e. The molecule has 10 heteroatoms. The fraction of sp³-hybridized carbons (Fsp3) is 0.333. The maximum atomic E-state index is 12.9. The Labute approximate surface area is 182 Å². The summed E-state index contributed by atoms with van der Waals surface area (Å²) in [4.78, 5) is 42.2. The minimum atomic E-state index is -0.634. The normalized spacial score (nSPS) is 10.8. The number of oxazole rings is 1. The smallest absolute Gasteiger partial charge is 0.348 e. The van der Waals surface area contributed by atoms with E-state index in [1.807, 2.05) is 0 Å². The maximum Gasteiger partial charge on any atom is 0.348 e. The number of aryl methyl sites for hydroxylation is 1. The molecule has 3 rings (SSSR count). The van der Waals surface area contributed by atoms with Gasteiger partial charge in [-0.3, -0.25) is 4.79 Å². The number of rotatable bonds is 8. The molecule has 0 fully saturated rings. The van der Waals surface area contributed by atoms with Crippen molar-refractivity contribution >= 4 is 45.3 Å². The number of benzene rings is 1. The van der Waals surface area contributed by atoms with Gasteiger partial charge >= 0.3 is 11.9 Å². The third-order valence-electron chi connectivity index (χ3n) is 4.32. The zero-order chi connectivity index (χ0) is 22.5. The van der Waals surface area contributed by atoms with Gasteiger partial charge in [-0.2, -0.15) is 0 Å². The van der Waals surface area contributed by atoms with E-state index < -0.39 is 17.8 Å². The van der Waals surface area contributed by atoms with Gasteiger partial charge in [0.25, 0.3) is 5.91 Å². The number of thiophene rings is 1. The van der Waals surface area contributed by atoms with Crippen LogP contribution in [0.25, 0.3) is 11.1 Å². The van der Waals surface area contributed by atoms with E-state index in [1.165, 1.54) is 7.11 Å². The summed E-state index contributed by atoms with van der Waals surface area (Å²) in [7, 11) is 1.49. The highest BCUT2D eigenvalue weighted by molar-refractivity contribution is 7.18. The second-order valence-corrected chi connectivity index (χ2v) is 7.50. The highest BCUT2D eigenvalue weighted by atomic mass is 32.1. The van der Waals surface area contributed by atoms with E-state index in [-0.39, 0.29) is 35.3 Å². The first-order valence-electron chi connectivity index (χ1n) is 9.50. The molecule has 0 atom stereocenters. The lowest BCUT2D eigenvalue weighted by atomic mass is 10.1. The van der Waals surface area contributed by atoms with Gasteiger partial charge in [-0.1, -0.05) is 0 Å². The van der Waals surface area contributed by atoms with Crippen molar-refractivity contribution in [3.8, 4) is 0 Å². The van der Waals surface area contributed by atoms with E-state index in [4.69, 9.17) is 18.6 Å². The van der Waals surface area contributed by atoms with E-state index in [9.17, 15) is 14.4 Å². The number of fused-ring (bicyclic) bond motifs is 1. The summed E-state index contributed by atoms with van der Waals surface area (Å²) < 4.78 is 20.6. The number of amides is 1. The Hall–Kier alpha value is -3.24. The molecule has 0 aliphatic rings. The number of carbonyl (C=O) groups excluding carboxylic acids is 3. The maximum absolute atomic E-state index is 12.9. The number of hydrogen-bond donors (Lipinski definition) is 1. The van der Waals surface area contributed by atoms with Crippen molar-refractivity contribution in [3.63, 3.8) is 0 Å². The molecule has 0 aliphatic heterocycles. The summed E-state index contributed by atoms with van der Waals surface area (Å²) in [5, 5.41) is 2.91. The van der Waals surface area contributed by atoms with Gasteiger partial charge in [-0.15, -0.1) is 11.3 Å². The predicted octanol–water partition coefficient (Wildman–Crippen LogP) is 3.74. The summed E-state index contributed by atoms with van der Waals surface area (Å²) in [6, 6.07) is 4.83. The van der Waals surface area contributed by atoms with Crippen LogP contribution < -0.4 is 5.32 Å². The molecular formula is C21H22N2O7S. The molecule has 9 nitrogen and oxygen atoms in total. The average Bonchev–Trinajstić information content (AvgIpc) is 3.26. The molecular weight excluding hydrogens is 424 g/mol. The van der Waals surface area contributed by atoms with Crippen LogP contribution in [0.3, 0.4) is 0 Å². The first-order valence-corrected chi connectivity index (χ1v) is 10.3. The van der Waals surface area contributed by atoms with Gasteiger partial charge in [0.05, 0.1) is 18.8 Å². The Morgan fingerprint density at radius 2 is 1.90 bits per heavy atom. The minimum absolute atomic E-state index is 0.0697. The van der Waals surface area contributed by atoms with Crippen LogP contribution >= 0.6 is 11.3 Å². The van der Waals surface area contributed by atoms with Crippen LogP contribution in [0, 0.1) is 13.8 Å². The molecule has 0 spiro atoms. The van der Waals surface area contributed by atoms with E-state index in [1.54, 1.807) is 39.0 Å². The van der Waals surface area contributed by atoms with Crippen LogP contribution in [-0.4, -0.2) is 49.8 Å². The Bertz CT molecular complexity index is 1130. The van der Waals surface area contributed by atoms with Crippen molar-refractivity contribution in [1.82, 2.24) is 4.98 Å². The van der Waals surface area contributed by atoms with Crippen LogP contribution in [-0.2, 0) is 14.2 Å². The highest BCUT2D eigenvalue weighted by Gasteiger charge is 2.27. The summed E-state index contributed by atoms with van der Waals surface area (Å²) in [5.74, 6) is -1.22. The molecule has 0 radical (unpaired) electrons. The zero-order valence-electron chi connectivity index (χ0n) is 17.6. The number of hydrogen-bond acceptors (Lipinski definition) is 9. The van der Waals surface area contributed by atoms with Crippen molar-refractivity contribution in [3.05, 3.63) is 45.7 Å². The van der Waals surface area contributed by atoms with Gasteiger partial charge < -0.3 is 23.9 Å². The Morgan fingerprint density at radius 1 is 1.13 bits per heavy atom. The molecule has 0 unspecified atom stereocenters. The molecule has 1 amide bonds. The molecule has 2 aromatic heterocycles. The number of esters is 2. The number of ether oxygens (including phenoxy) is 3. The highest BCUT2D eigenvalue weighted by Crippen LogP contribution is 2.34. The van der Waals surface area contributed by atoms with Gasteiger partial charge in [-0.05, 0) is 37.6 Å². The van der Waals surface area contributed by atoms with Crippen LogP contribution in [0.2, 0.25) is 0 Å². The molecule has 0 saturated heterocycles. The van der Waals surface area contributed by atoms with E-state index in [2.05, 4.69) is 10.3 Å². The quantitative estimate of drug-likeness (QED) is 0.411. The van der Waals surface area contributed by atoms with Crippen molar-refractivity contribution in [2.45, 2.75) is 20.8 Å². The monoisotopic (exact) mass is 446 g/mol. The van der Waals surface area contributed by atoms with Gasteiger partial charge in [0.1, 0.15) is 22.0 Å². The lowest BCUT2D eigenvalue weighted by molar-refractivity contribution is 0.0392. The second-order valence-electron chi connectivity index (χ2n) is 6.48. The van der Waals surface area contributed by atoms with Crippen LogP contribution in [0.1, 0.15) is 48.8 Å². The Kier molecular flexibility index (Phi) is 7.03. The summed E-state index contributed by atoms with van der Waals surface area (Å²) in [6.45, 7) is 5.46. The lowest BCUT2D eigenvalue weighted by Crippen LogP contribution is -2.15. The molecule has 0 aliphatic carbocycles. The molecule has 31 heavy (non-hydrogen) atoms. The van der Waals surface area contributed by atoms with Gasteiger partial charge in [-0.25, -0.2) is 14.6 Å². The van der Waals surface area contributed by atoms with E-state index >= 15 is 0 Å². The topological polar surface area (TPSA) is 117 Å². The van der Waals surface area contributed by atoms with Crippen molar-refractivity contribution < 1.29 is 33.0 Å². The van der Waals surface area contributed by atoms with E-state index in [0.29, 0.717) is 28.1 Å². The van der Waals surface area contributed by atoms with Crippen molar-refractivity contribution in [2.75, 3.05) is 32.2 Å². The number of anilines is 1. The fourth-order valence-corrected chi connectivity index (χ4v) is 3.97. The van der Waals surface area contributed by atoms with Crippen LogP contribution in [0.5, 0.6) is 0 Å². The van der Waals surface area contributed by atoms with E-state index in [0.717, 1.165) is 11.3 Å². The van der Waals surface area contributed by atoms with Crippen molar-refractivity contribution in [2.24, 2.45) is 0 Å². The SMILES string of the molecule is CCOC(=O)c1c(NC(=O)c2ccc3oc(C)nc3c2)sc(C(=O)OCCOC)c1C. The number of aromatic nitrogens is 1. The second kappa shape index (κ2) is 9.71. The molecule has 164 valence electrons. The first kappa shape index (κ1) is 22.4. The number of nitrogens with one attached hydrogen (secondary N) is 1. The summed E-state index contributed by atoms with van der Waals surface area (Å²) >= 11 is 0.955. The largest absolute Gasteiger partial charge is 0.462 e. The molecule has 1 aromatic carbocycles. The third kappa shape index (κ3) is 4.92. The number of nitrogens with zero attached hydrogens (tertiary/aromatic N) is 1. The fourth-order valence-electron chi connectivity index (χ4n) is 2.89. The Morgan fingerprint density at radius 3 is 2.61 bits per heavy atom. The predicted molar refractivity (Wildman–Crippen MR) is 114 cm³/mol. The van der Waals surface area contributed by atoms with Gasteiger partial charge in [0.2, 0.25) is 0 Å². The molecule has 0 bridgehead atoms. The molecule has 1 N–H and O–H groups in total.